The van der Waals surface area contributed by atoms with Gasteiger partial charge in [-0.2, -0.15) is 8.78 Å². The number of benzene rings is 1. The second kappa shape index (κ2) is 10.7. The van der Waals surface area contributed by atoms with Crippen LogP contribution in [0.3, 0.4) is 0 Å². The van der Waals surface area contributed by atoms with E-state index in [0.29, 0.717) is 30.4 Å². The summed E-state index contributed by atoms with van der Waals surface area (Å²) < 4.78 is 34.8. The highest BCUT2D eigenvalue weighted by atomic mass is 127. The van der Waals surface area contributed by atoms with E-state index in [9.17, 15) is 13.9 Å². The minimum atomic E-state index is -2.91. The molecular formula is C17H26F2IN3O3. The molecule has 0 atom stereocenters. The number of alkyl halides is 2. The Bertz CT molecular complexity index is 599. The van der Waals surface area contributed by atoms with Gasteiger partial charge in [-0.05, 0) is 44.4 Å². The Morgan fingerprint density at radius 2 is 2.08 bits per heavy atom. The van der Waals surface area contributed by atoms with Crippen molar-refractivity contribution in [2.45, 2.75) is 44.9 Å². The van der Waals surface area contributed by atoms with Crippen LogP contribution in [0.15, 0.2) is 23.2 Å². The number of ether oxygens (including phenoxy) is 2. The molecule has 148 valence electrons. The van der Waals surface area contributed by atoms with Gasteiger partial charge in [-0.15, -0.1) is 24.0 Å². The predicted molar refractivity (Wildman–Crippen MR) is 107 cm³/mol. The molecule has 0 radical (unpaired) electrons. The van der Waals surface area contributed by atoms with Crippen LogP contribution in [0, 0.1) is 0 Å². The summed E-state index contributed by atoms with van der Waals surface area (Å²) in [4.78, 5) is 4.39. The second-order valence-corrected chi connectivity index (χ2v) is 5.98. The topological polar surface area (TPSA) is 75.1 Å². The summed E-state index contributed by atoms with van der Waals surface area (Å²) in [7, 11) is 1.50. The molecule has 0 heterocycles. The largest absolute Gasteiger partial charge is 0.497 e. The van der Waals surface area contributed by atoms with E-state index in [4.69, 9.17) is 4.74 Å². The third-order valence-electron chi connectivity index (χ3n) is 4.10. The van der Waals surface area contributed by atoms with Crippen LogP contribution in [-0.2, 0) is 6.54 Å². The van der Waals surface area contributed by atoms with Crippen LogP contribution in [0.1, 0.15) is 31.7 Å². The van der Waals surface area contributed by atoms with Crippen molar-refractivity contribution in [1.82, 2.24) is 10.6 Å². The molecule has 1 aliphatic rings. The summed E-state index contributed by atoms with van der Waals surface area (Å²) in [5.74, 6) is 1.11. The van der Waals surface area contributed by atoms with E-state index in [2.05, 4.69) is 20.4 Å². The fourth-order valence-electron chi connectivity index (χ4n) is 2.53. The van der Waals surface area contributed by atoms with Crippen LogP contribution in [0.4, 0.5) is 8.78 Å². The maximum absolute atomic E-state index is 12.6. The number of halogens is 3. The average molecular weight is 485 g/mol. The molecule has 6 nitrogen and oxygen atoms in total. The lowest BCUT2D eigenvalue weighted by Gasteiger charge is -2.37. The van der Waals surface area contributed by atoms with Crippen molar-refractivity contribution in [2.75, 3.05) is 20.2 Å². The molecule has 0 aromatic heterocycles. The van der Waals surface area contributed by atoms with E-state index in [-0.39, 0.29) is 36.3 Å². The van der Waals surface area contributed by atoms with Crippen LogP contribution < -0.4 is 20.1 Å². The molecule has 1 saturated carbocycles. The lowest BCUT2D eigenvalue weighted by Crippen LogP contribution is -2.50. The van der Waals surface area contributed by atoms with E-state index in [0.717, 1.165) is 19.3 Å². The van der Waals surface area contributed by atoms with Gasteiger partial charge >= 0.3 is 6.61 Å². The zero-order valence-corrected chi connectivity index (χ0v) is 17.3. The monoisotopic (exact) mass is 485 g/mol. The fraction of sp³-hybridized carbons (Fsp3) is 0.588. The van der Waals surface area contributed by atoms with Gasteiger partial charge in [-0.1, -0.05) is 0 Å². The Balaban J connectivity index is 0.00000338. The summed E-state index contributed by atoms with van der Waals surface area (Å²) in [6.45, 7) is 0.189. The molecule has 1 aromatic rings. The molecule has 0 amide bonds. The highest BCUT2D eigenvalue weighted by Gasteiger charge is 2.34. The molecule has 0 saturated heterocycles. The summed E-state index contributed by atoms with van der Waals surface area (Å²) in [5, 5.41) is 16.3. The molecule has 2 rings (SSSR count). The molecule has 1 aromatic carbocycles. The first-order valence-electron chi connectivity index (χ1n) is 8.32. The second-order valence-electron chi connectivity index (χ2n) is 5.98. The molecule has 3 N–H and O–H groups in total. The zero-order chi connectivity index (χ0) is 18.3. The summed E-state index contributed by atoms with van der Waals surface area (Å²) >= 11 is 0. The van der Waals surface area contributed by atoms with E-state index in [1.165, 1.54) is 13.2 Å². The van der Waals surface area contributed by atoms with E-state index in [1.54, 1.807) is 12.1 Å². The Hall–Kier alpha value is -1.36. The third kappa shape index (κ3) is 6.75. The smallest absolute Gasteiger partial charge is 0.387 e. The Labute approximate surface area is 169 Å². The molecule has 1 aliphatic carbocycles. The van der Waals surface area contributed by atoms with E-state index < -0.39 is 12.2 Å². The number of aliphatic hydroxyl groups is 1. The van der Waals surface area contributed by atoms with Crippen LogP contribution in [-0.4, -0.2) is 43.5 Å². The fourth-order valence-corrected chi connectivity index (χ4v) is 2.53. The number of nitrogens with zero attached hydrogens (tertiary/aromatic N) is 1. The van der Waals surface area contributed by atoms with E-state index >= 15 is 0 Å². The van der Waals surface area contributed by atoms with Crippen molar-refractivity contribution in [2.24, 2.45) is 4.99 Å². The molecule has 0 unspecified atom stereocenters. The first-order chi connectivity index (χ1) is 12.0. The van der Waals surface area contributed by atoms with Crippen molar-refractivity contribution in [1.29, 1.82) is 0 Å². The van der Waals surface area contributed by atoms with Crippen molar-refractivity contribution in [3.63, 3.8) is 0 Å². The first-order valence-corrected chi connectivity index (χ1v) is 8.32. The summed E-state index contributed by atoms with van der Waals surface area (Å²) in [6, 6.07) is 4.61. The van der Waals surface area contributed by atoms with Crippen molar-refractivity contribution in [3.8, 4) is 11.5 Å². The number of aliphatic imine (C=N–C) groups is 1. The first kappa shape index (κ1) is 22.7. The van der Waals surface area contributed by atoms with Gasteiger partial charge < -0.3 is 25.2 Å². The standard InChI is InChI=1S/C17H25F2N3O3.HI/c1-3-20-16(22-11-17(23)7-4-8-17)21-10-12-9-13(24-2)5-6-14(12)25-15(18)19;/h5-6,9,15,23H,3-4,7-8,10-11H2,1-2H3,(H2,20,21,22);1H. The highest BCUT2D eigenvalue weighted by Crippen LogP contribution is 2.30. The molecular weight excluding hydrogens is 459 g/mol. The molecule has 0 aliphatic heterocycles. The number of rotatable bonds is 8. The maximum Gasteiger partial charge on any atom is 0.387 e. The SMILES string of the molecule is CCNC(=NCc1cc(OC)ccc1OC(F)F)NCC1(O)CCC1.I. The van der Waals surface area contributed by atoms with Crippen LogP contribution >= 0.6 is 24.0 Å². The average Bonchev–Trinajstić information content (AvgIpc) is 2.56. The van der Waals surface area contributed by atoms with Gasteiger partial charge in [-0.25, -0.2) is 4.99 Å². The highest BCUT2D eigenvalue weighted by molar-refractivity contribution is 14.0. The normalized spacial score (nSPS) is 15.7. The number of hydrogen-bond donors (Lipinski definition) is 3. The Morgan fingerprint density at radius 1 is 1.35 bits per heavy atom. The van der Waals surface area contributed by atoms with Gasteiger partial charge in [-0.3, -0.25) is 0 Å². The summed E-state index contributed by atoms with van der Waals surface area (Å²) in [6.07, 6.45) is 2.55. The van der Waals surface area contributed by atoms with Crippen molar-refractivity contribution < 1.29 is 23.4 Å². The summed E-state index contributed by atoms with van der Waals surface area (Å²) in [5.41, 5.74) is -0.199. The quantitative estimate of drug-likeness (QED) is 0.300. The van der Waals surface area contributed by atoms with E-state index in [1.807, 2.05) is 6.92 Å². The number of guanidine groups is 1. The minimum Gasteiger partial charge on any atom is -0.497 e. The van der Waals surface area contributed by atoms with Gasteiger partial charge in [0.05, 0.1) is 19.3 Å². The maximum atomic E-state index is 12.6. The van der Waals surface area contributed by atoms with Gasteiger partial charge in [0.25, 0.3) is 0 Å². The minimum absolute atomic E-state index is 0. The van der Waals surface area contributed by atoms with Crippen LogP contribution in [0.25, 0.3) is 0 Å². The van der Waals surface area contributed by atoms with Gasteiger partial charge in [0.15, 0.2) is 5.96 Å². The third-order valence-corrected chi connectivity index (χ3v) is 4.10. The van der Waals surface area contributed by atoms with Crippen molar-refractivity contribution in [3.05, 3.63) is 23.8 Å². The number of nitrogens with one attached hydrogen (secondary N) is 2. The molecule has 9 heteroatoms. The predicted octanol–water partition coefficient (Wildman–Crippen LogP) is 2.88. The molecule has 26 heavy (non-hydrogen) atoms. The van der Waals surface area contributed by atoms with Gasteiger partial charge in [0.2, 0.25) is 0 Å². The van der Waals surface area contributed by atoms with Crippen molar-refractivity contribution >= 4 is 29.9 Å². The lowest BCUT2D eigenvalue weighted by atomic mass is 9.80. The number of methoxy groups -OCH3 is 1. The number of hydrogen-bond acceptors (Lipinski definition) is 4. The van der Waals surface area contributed by atoms with Gasteiger partial charge in [0.1, 0.15) is 11.5 Å². The van der Waals surface area contributed by atoms with Crippen LogP contribution in [0.5, 0.6) is 11.5 Å². The Kier molecular flexibility index (Phi) is 9.34. The zero-order valence-electron chi connectivity index (χ0n) is 14.9. The molecule has 1 fully saturated rings. The van der Waals surface area contributed by atoms with Gasteiger partial charge in [0, 0.05) is 18.7 Å². The molecule has 0 spiro atoms. The van der Waals surface area contributed by atoms with Crippen LogP contribution in [0.2, 0.25) is 0 Å². The Morgan fingerprint density at radius 3 is 2.62 bits per heavy atom. The molecule has 0 bridgehead atoms. The lowest BCUT2D eigenvalue weighted by molar-refractivity contribution is -0.0504.